The lowest BCUT2D eigenvalue weighted by Gasteiger charge is -2.31. The third-order valence-corrected chi connectivity index (χ3v) is 7.75. The minimum Gasteiger partial charge on any atom is -0.378 e. The molecule has 1 atom stereocenters. The van der Waals surface area contributed by atoms with Gasteiger partial charge < -0.3 is 50.6 Å². The van der Waals surface area contributed by atoms with Gasteiger partial charge in [-0.1, -0.05) is 6.42 Å². The minimum atomic E-state index is -0.963. The lowest BCUT2D eigenvalue weighted by Crippen LogP contribution is -2.55. The summed E-state index contributed by atoms with van der Waals surface area (Å²) >= 11 is 0. The van der Waals surface area contributed by atoms with Crippen LogP contribution in [0.3, 0.4) is 0 Å². The molecule has 0 aromatic rings. The molecule has 0 radical (unpaired) electrons. The zero-order valence-electron chi connectivity index (χ0n) is 26.0. The molecule has 0 spiro atoms. The molecule has 0 aromatic carbocycles. The van der Waals surface area contributed by atoms with E-state index < -0.39 is 23.8 Å². The van der Waals surface area contributed by atoms with Crippen LogP contribution < -0.4 is 21.7 Å². The summed E-state index contributed by atoms with van der Waals surface area (Å²) in [5.41, 5.74) is 5.68. The van der Waals surface area contributed by atoms with Gasteiger partial charge in [0.15, 0.2) is 0 Å². The molecule has 0 saturated carbocycles. The Morgan fingerprint density at radius 2 is 0.978 bits per heavy atom. The van der Waals surface area contributed by atoms with E-state index in [1.165, 1.54) is 4.90 Å². The summed E-state index contributed by atoms with van der Waals surface area (Å²) in [4.78, 5) is 83.6. The van der Waals surface area contributed by atoms with Gasteiger partial charge in [-0.25, -0.2) is 0 Å². The number of hydrogen-bond donors (Lipinski definition) is 4. The van der Waals surface area contributed by atoms with Gasteiger partial charge in [0.05, 0.1) is 78.4 Å². The van der Waals surface area contributed by atoms with Crippen LogP contribution in [0.4, 0.5) is 0 Å². The van der Waals surface area contributed by atoms with Gasteiger partial charge in [-0.05, 0) is 19.4 Å². The second-order valence-electron chi connectivity index (χ2n) is 11.0. The molecule has 45 heavy (non-hydrogen) atoms. The van der Waals surface area contributed by atoms with Crippen molar-refractivity contribution in [1.82, 2.24) is 35.6 Å². The van der Waals surface area contributed by atoms with Crippen molar-refractivity contribution >= 4 is 35.4 Å². The van der Waals surface area contributed by atoms with Gasteiger partial charge in [0.2, 0.25) is 35.4 Å². The third-order valence-electron chi connectivity index (χ3n) is 7.75. The normalized spacial score (nSPS) is 17.9. The molecule has 0 aliphatic carbocycles. The molecule has 17 heteroatoms. The summed E-state index contributed by atoms with van der Waals surface area (Å²) in [6, 6.07) is -0.963. The molecule has 3 fully saturated rings. The first-order valence-electron chi connectivity index (χ1n) is 15.6. The van der Waals surface area contributed by atoms with E-state index in [1.54, 1.807) is 14.7 Å². The van der Waals surface area contributed by atoms with E-state index in [1.807, 2.05) is 0 Å². The number of unbranched alkanes of at least 4 members (excludes halogenated alkanes) is 1. The van der Waals surface area contributed by atoms with Crippen LogP contribution in [0, 0.1) is 0 Å². The molecule has 0 aromatic heterocycles. The number of carbonyl (C=O) groups is 6. The molecule has 3 rings (SSSR count). The standard InChI is InChI=1S/C28H48N8O9/c29-4-2-1-3-22(28(42)32-19-27(41)35-9-15-45-16-10-35)36(20-23(37)30-17-25(39)33-5-11-43-12-6-33)21-24(38)31-18-26(40)34-7-13-44-14-8-34/h22H,1-21,29H2,(H,30,37)(H,31,38)(H,32,42)/t22-/m0/s1. The highest BCUT2D eigenvalue weighted by atomic mass is 16.5. The number of amides is 6. The summed E-state index contributed by atoms with van der Waals surface area (Å²) in [6.07, 6.45) is 1.39. The first-order chi connectivity index (χ1) is 21.8. The van der Waals surface area contributed by atoms with Crippen LogP contribution >= 0.6 is 0 Å². The predicted octanol–water partition coefficient (Wildman–Crippen LogP) is -4.29. The monoisotopic (exact) mass is 640 g/mol. The van der Waals surface area contributed by atoms with Gasteiger partial charge in [-0.2, -0.15) is 0 Å². The largest absolute Gasteiger partial charge is 0.378 e. The van der Waals surface area contributed by atoms with Gasteiger partial charge in [-0.15, -0.1) is 0 Å². The summed E-state index contributed by atoms with van der Waals surface area (Å²) in [5, 5.41) is 7.85. The zero-order valence-corrected chi connectivity index (χ0v) is 26.0. The maximum Gasteiger partial charge on any atom is 0.242 e. The third kappa shape index (κ3) is 12.9. The van der Waals surface area contributed by atoms with Crippen LogP contribution in [0.15, 0.2) is 0 Å². The molecular weight excluding hydrogens is 592 g/mol. The van der Waals surface area contributed by atoms with Crippen molar-refractivity contribution in [2.24, 2.45) is 5.73 Å². The fourth-order valence-electron chi connectivity index (χ4n) is 5.12. The van der Waals surface area contributed by atoms with Crippen LogP contribution in [0.5, 0.6) is 0 Å². The van der Waals surface area contributed by atoms with Crippen molar-refractivity contribution in [3.05, 3.63) is 0 Å². The lowest BCUT2D eigenvalue weighted by atomic mass is 10.1. The molecule has 17 nitrogen and oxygen atoms in total. The van der Waals surface area contributed by atoms with Gasteiger partial charge >= 0.3 is 0 Å². The topological polar surface area (TPSA) is 205 Å². The van der Waals surface area contributed by atoms with E-state index in [4.69, 9.17) is 19.9 Å². The predicted molar refractivity (Wildman–Crippen MR) is 159 cm³/mol. The zero-order chi connectivity index (χ0) is 32.4. The average Bonchev–Trinajstić information content (AvgIpc) is 3.07. The van der Waals surface area contributed by atoms with Crippen LogP contribution in [0.1, 0.15) is 19.3 Å². The highest BCUT2D eigenvalue weighted by Gasteiger charge is 2.30. The Hall–Kier alpha value is -3.38. The minimum absolute atomic E-state index is 0.245. The molecule has 6 amide bonds. The Morgan fingerprint density at radius 3 is 1.36 bits per heavy atom. The number of nitrogens with two attached hydrogens (primary N) is 1. The molecule has 3 aliphatic heterocycles. The maximum atomic E-state index is 13.5. The van der Waals surface area contributed by atoms with Gasteiger partial charge in [-0.3, -0.25) is 33.7 Å². The van der Waals surface area contributed by atoms with Crippen molar-refractivity contribution < 1.29 is 43.0 Å². The number of nitrogens with zero attached hydrogens (tertiary/aromatic N) is 4. The van der Waals surface area contributed by atoms with Crippen molar-refractivity contribution in [3.8, 4) is 0 Å². The smallest absolute Gasteiger partial charge is 0.242 e. The Kier molecular flexibility index (Phi) is 16.0. The average molecular weight is 641 g/mol. The van der Waals surface area contributed by atoms with Gasteiger partial charge in [0.1, 0.15) is 0 Å². The summed E-state index contributed by atoms with van der Waals surface area (Å²) in [5.74, 6) is -2.45. The number of morpholine rings is 3. The Morgan fingerprint density at radius 1 is 0.600 bits per heavy atom. The fourth-order valence-corrected chi connectivity index (χ4v) is 5.12. The SMILES string of the molecule is NCCCC[C@@H](C(=O)NCC(=O)N1CCOCC1)N(CC(=O)NCC(=O)N1CCOCC1)CC(=O)NCC(=O)N1CCOCC1. The second kappa shape index (κ2) is 19.9. The van der Waals surface area contributed by atoms with Gasteiger partial charge in [0.25, 0.3) is 0 Å². The highest BCUT2D eigenvalue weighted by Crippen LogP contribution is 2.10. The van der Waals surface area contributed by atoms with E-state index in [0.29, 0.717) is 98.3 Å². The fraction of sp³-hybridized carbons (Fsp3) is 0.786. The van der Waals surface area contributed by atoms with E-state index in [9.17, 15) is 28.8 Å². The lowest BCUT2D eigenvalue weighted by molar-refractivity contribution is -0.139. The van der Waals surface area contributed by atoms with Crippen LogP contribution in [0.2, 0.25) is 0 Å². The molecule has 0 bridgehead atoms. The molecule has 5 N–H and O–H groups in total. The number of carbonyl (C=O) groups excluding carboxylic acids is 6. The van der Waals surface area contributed by atoms with Crippen molar-refractivity contribution in [2.45, 2.75) is 25.3 Å². The van der Waals surface area contributed by atoms with Gasteiger partial charge in [0, 0.05) is 39.3 Å². The molecule has 3 heterocycles. The van der Waals surface area contributed by atoms with E-state index in [2.05, 4.69) is 16.0 Å². The molecule has 3 saturated heterocycles. The molecule has 0 unspecified atom stereocenters. The highest BCUT2D eigenvalue weighted by molar-refractivity contribution is 5.90. The Bertz CT molecular complexity index is 951. The van der Waals surface area contributed by atoms with E-state index in [0.717, 1.165) is 0 Å². The maximum absolute atomic E-state index is 13.5. The Labute approximate surface area is 263 Å². The molecule has 254 valence electrons. The summed E-state index contributed by atoms with van der Waals surface area (Å²) < 4.78 is 15.8. The van der Waals surface area contributed by atoms with Crippen molar-refractivity contribution in [2.75, 3.05) is 118 Å². The first-order valence-corrected chi connectivity index (χ1v) is 15.6. The molecule has 3 aliphatic rings. The number of nitrogens with one attached hydrogen (secondary N) is 3. The first kappa shape index (κ1) is 36.1. The van der Waals surface area contributed by atoms with Crippen molar-refractivity contribution in [3.63, 3.8) is 0 Å². The number of hydrogen-bond acceptors (Lipinski definition) is 11. The quantitative estimate of drug-likeness (QED) is 0.119. The van der Waals surface area contributed by atoms with E-state index >= 15 is 0 Å². The van der Waals surface area contributed by atoms with Crippen LogP contribution in [-0.2, 0) is 43.0 Å². The van der Waals surface area contributed by atoms with Crippen LogP contribution in [0.25, 0.3) is 0 Å². The van der Waals surface area contributed by atoms with E-state index in [-0.39, 0.29) is 56.9 Å². The summed E-state index contributed by atoms with van der Waals surface area (Å²) in [6.45, 7) is 3.97. The number of ether oxygens (including phenoxy) is 3. The molecular formula is C28H48N8O9. The number of rotatable bonds is 16. The summed E-state index contributed by atoms with van der Waals surface area (Å²) in [7, 11) is 0. The Balaban J connectivity index is 1.65. The van der Waals surface area contributed by atoms with Crippen molar-refractivity contribution in [1.29, 1.82) is 0 Å². The second-order valence-corrected chi connectivity index (χ2v) is 11.0. The van der Waals surface area contributed by atoms with Crippen LogP contribution in [-0.4, -0.2) is 179 Å².